The average Bonchev–Trinajstić information content (AvgIpc) is 2.46. The lowest BCUT2D eigenvalue weighted by Crippen LogP contribution is -2.36. The van der Waals surface area contributed by atoms with Crippen molar-refractivity contribution >= 4 is 5.95 Å². The predicted octanol–water partition coefficient (Wildman–Crippen LogP) is 2.07. The van der Waals surface area contributed by atoms with Gasteiger partial charge in [-0.05, 0) is 13.0 Å². The maximum absolute atomic E-state index is 13.6. The third kappa shape index (κ3) is 2.88. The molecule has 0 saturated heterocycles. The summed E-state index contributed by atoms with van der Waals surface area (Å²) in [7, 11) is 1.88. The number of nitrogens with two attached hydrogens (primary N) is 1. The monoisotopic (exact) mass is 260 g/mol. The van der Waals surface area contributed by atoms with E-state index in [9.17, 15) is 4.39 Å². The molecule has 1 heterocycles. The summed E-state index contributed by atoms with van der Waals surface area (Å²) in [5.74, 6) is 0.306. The van der Waals surface area contributed by atoms with Crippen molar-refractivity contribution in [3.8, 4) is 11.1 Å². The largest absolute Gasteiger partial charge is 0.340 e. The van der Waals surface area contributed by atoms with E-state index in [-0.39, 0.29) is 11.9 Å². The Morgan fingerprint density at radius 1 is 1.26 bits per heavy atom. The molecule has 4 nitrogen and oxygen atoms in total. The average molecular weight is 260 g/mol. The molecule has 2 aromatic rings. The van der Waals surface area contributed by atoms with Crippen LogP contribution in [0.4, 0.5) is 10.3 Å². The highest BCUT2D eigenvalue weighted by molar-refractivity contribution is 5.62. The zero-order chi connectivity index (χ0) is 13.8. The van der Waals surface area contributed by atoms with Gasteiger partial charge in [0.1, 0.15) is 5.82 Å². The van der Waals surface area contributed by atoms with Crippen LogP contribution in [0.15, 0.2) is 36.7 Å². The van der Waals surface area contributed by atoms with E-state index in [0.29, 0.717) is 23.6 Å². The second kappa shape index (κ2) is 5.75. The van der Waals surface area contributed by atoms with Gasteiger partial charge in [0.05, 0.1) is 0 Å². The lowest BCUT2D eigenvalue weighted by atomic mass is 10.1. The summed E-state index contributed by atoms with van der Waals surface area (Å²) in [6, 6.07) is 6.73. The van der Waals surface area contributed by atoms with Gasteiger partial charge in [-0.3, -0.25) is 0 Å². The lowest BCUT2D eigenvalue weighted by molar-refractivity contribution is 0.631. The van der Waals surface area contributed by atoms with Crippen LogP contribution < -0.4 is 10.6 Å². The standard InChI is InChI=1S/C14H17FN4/c1-10(7-16)19(2)14-17-8-11(9-18-14)12-5-3-4-6-13(12)15/h3-6,8-10H,7,16H2,1-2H3. The van der Waals surface area contributed by atoms with E-state index in [4.69, 9.17) is 5.73 Å². The number of nitrogens with zero attached hydrogens (tertiary/aromatic N) is 3. The molecule has 0 spiro atoms. The highest BCUT2D eigenvalue weighted by atomic mass is 19.1. The first-order chi connectivity index (χ1) is 9.13. The van der Waals surface area contributed by atoms with Gasteiger partial charge in [0, 0.05) is 43.2 Å². The first-order valence-corrected chi connectivity index (χ1v) is 6.13. The van der Waals surface area contributed by atoms with Crippen molar-refractivity contribution in [1.29, 1.82) is 0 Å². The number of rotatable bonds is 4. The summed E-state index contributed by atoms with van der Waals surface area (Å²) in [6.45, 7) is 2.52. The zero-order valence-corrected chi connectivity index (χ0v) is 11.0. The maximum atomic E-state index is 13.6. The fourth-order valence-electron chi connectivity index (χ4n) is 1.69. The molecule has 0 saturated carbocycles. The van der Waals surface area contributed by atoms with Crippen molar-refractivity contribution < 1.29 is 4.39 Å². The number of hydrogen-bond donors (Lipinski definition) is 1. The molecule has 1 unspecified atom stereocenters. The van der Waals surface area contributed by atoms with Crippen LogP contribution >= 0.6 is 0 Å². The van der Waals surface area contributed by atoms with Crippen molar-refractivity contribution in [2.24, 2.45) is 5.73 Å². The van der Waals surface area contributed by atoms with Crippen LogP contribution in [-0.2, 0) is 0 Å². The summed E-state index contributed by atoms with van der Waals surface area (Å²) < 4.78 is 13.6. The van der Waals surface area contributed by atoms with Gasteiger partial charge in [0.25, 0.3) is 0 Å². The second-order valence-electron chi connectivity index (χ2n) is 4.45. The van der Waals surface area contributed by atoms with Crippen molar-refractivity contribution in [2.45, 2.75) is 13.0 Å². The SMILES string of the molecule is CC(CN)N(C)c1ncc(-c2ccccc2F)cn1. The Labute approximate surface area is 112 Å². The summed E-state index contributed by atoms with van der Waals surface area (Å²) in [4.78, 5) is 10.4. The number of halogens is 1. The quantitative estimate of drug-likeness (QED) is 0.914. The number of benzene rings is 1. The van der Waals surface area contributed by atoms with E-state index in [1.165, 1.54) is 6.07 Å². The molecule has 1 atom stereocenters. The third-order valence-electron chi connectivity index (χ3n) is 3.14. The minimum absolute atomic E-state index is 0.152. The number of likely N-dealkylation sites (N-methyl/N-ethyl adjacent to an activating group) is 1. The Kier molecular flexibility index (Phi) is 4.06. The van der Waals surface area contributed by atoms with Gasteiger partial charge in [-0.2, -0.15) is 0 Å². The fraction of sp³-hybridized carbons (Fsp3) is 0.286. The summed E-state index contributed by atoms with van der Waals surface area (Å²) >= 11 is 0. The molecule has 2 N–H and O–H groups in total. The molecule has 2 rings (SSSR count). The van der Waals surface area contributed by atoms with Crippen molar-refractivity contribution in [1.82, 2.24) is 9.97 Å². The number of anilines is 1. The van der Waals surface area contributed by atoms with Crippen LogP contribution in [0, 0.1) is 5.82 Å². The molecule has 0 bridgehead atoms. The number of aromatic nitrogens is 2. The van der Waals surface area contributed by atoms with E-state index >= 15 is 0 Å². The van der Waals surface area contributed by atoms with Crippen LogP contribution in [0.3, 0.4) is 0 Å². The smallest absolute Gasteiger partial charge is 0.225 e. The normalized spacial score (nSPS) is 12.2. The molecule has 19 heavy (non-hydrogen) atoms. The Balaban J connectivity index is 2.26. The molecule has 0 radical (unpaired) electrons. The minimum Gasteiger partial charge on any atom is -0.340 e. The predicted molar refractivity (Wildman–Crippen MR) is 74.3 cm³/mol. The molecule has 100 valence electrons. The van der Waals surface area contributed by atoms with Crippen molar-refractivity contribution in [3.63, 3.8) is 0 Å². The summed E-state index contributed by atoms with van der Waals surface area (Å²) in [5.41, 5.74) is 6.77. The van der Waals surface area contributed by atoms with E-state index < -0.39 is 0 Å². The van der Waals surface area contributed by atoms with Gasteiger partial charge >= 0.3 is 0 Å². The minimum atomic E-state index is -0.275. The molecular weight excluding hydrogens is 243 g/mol. The molecule has 5 heteroatoms. The van der Waals surface area contributed by atoms with Gasteiger partial charge < -0.3 is 10.6 Å². The van der Waals surface area contributed by atoms with Gasteiger partial charge in [-0.1, -0.05) is 18.2 Å². The van der Waals surface area contributed by atoms with Gasteiger partial charge in [-0.25, -0.2) is 14.4 Å². The Morgan fingerprint density at radius 3 is 2.47 bits per heavy atom. The van der Waals surface area contributed by atoms with E-state index in [0.717, 1.165) is 0 Å². The number of hydrogen-bond acceptors (Lipinski definition) is 4. The van der Waals surface area contributed by atoms with Crippen LogP contribution in [0.25, 0.3) is 11.1 Å². The molecular formula is C14H17FN4. The first-order valence-electron chi connectivity index (χ1n) is 6.13. The topological polar surface area (TPSA) is 55.0 Å². The Hall–Kier alpha value is -2.01. The highest BCUT2D eigenvalue weighted by Crippen LogP contribution is 2.21. The molecule has 0 fully saturated rings. The van der Waals surface area contributed by atoms with Gasteiger partial charge in [-0.15, -0.1) is 0 Å². The molecule has 0 amide bonds. The fourth-order valence-corrected chi connectivity index (χ4v) is 1.69. The van der Waals surface area contributed by atoms with Crippen LogP contribution in [0.2, 0.25) is 0 Å². The van der Waals surface area contributed by atoms with Crippen molar-refractivity contribution in [2.75, 3.05) is 18.5 Å². The Morgan fingerprint density at radius 2 is 1.89 bits per heavy atom. The van der Waals surface area contributed by atoms with Crippen LogP contribution in [-0.4, -0.2) is 29.6 Å². The van der Waals surface area contributed by atoms with Crippen molar-refractivity contribution in [3.05, 3.63) is 42.5 Å². The third-order valence-corrected chi connectivity index (χ3v) is 3.14. The maximum Gasteiger partial charge on any atom is 0.225 e. The molecule has 0 aliphatic carbocycles. The van der Waals surface area contributed by atoms with E-state index in [1.54, 1.807) is 30.6 Å². The molecule has 1 aromatic carbocycles. The second-order valence-corrected chi connectivity index (χ2v) is 4.45. The summed E-state index contributed by atoms with van der Waals surface area (Å²) in [6.07, 6.45) is 3.25. The van der Waals surface area contributed by atoms with Gasteiger partial charge in [0.2, 0.25) is 5.95 Å². The van der Waals surface area contributed by atoms with Gasteiger partial charge in [0.15, 0.2) is 0 Å². The highest BCUT2D eigenvalue weighted by Gasteiger charge is 2.11. The van der Waals surface area contributed by atoms with E-state index in [1.807, 2.05) is 18.9 Å². The van der Waals surface area contributed by atoms with Crippen LogP contribution in [0.5, 0.6) is 0 Å². The Bertz CT molecular complexity index is 541. The van der Waals surface area contributed by atoms with Crippen LogP contribution in [0.1, 0.15) is 6.92 Å². The zero-order valence-electron chi connectivity index (χ0n) is 11.0. The molecule has 1 aromatic heterocycles. The van der Waals surface area contributed by atoms with E-state index in [2.05, 4.69) is 9.97 Å². The molecule has 0 aliphatic heterocycles. The lowest BCUT2D eigenvalue weighted by Gasteiger charge is -2.23. The molecule has 0 aliphatic rings. The summed E-state index contributed by atoms with van der Waals surface area (Å²) in [5, 5.41) is 0. The first kappa shape index (κ1) is 13.4.